The molecule has 146 valence electrons. The van der Waals surface area contributed by atoms with E-state index in [1.807, 2.05) is 12.1 Å². The number of allylic oxidation sites excluding steroid dienone is 1. The lowest BCUT2D eigenvalue weighted by molar-refractivity contribution is -0.115. The van der Waals surface area contributed by atoms with Crippen molar-refractivity contribution in [1.29, 1.82) is 0 Å². The van der Waals surface area contributed by atoms with Gasteiger partial charge in [0.15, 0.2) is 5.78 Å². The van der Waals surface area contributed by atoms with Gasteiger partial charge in [-0.15, -0.1) is 0 Å². The number of ether oxygens (including phenoxy) is 1. The maximum absolute atomic E-state index is 12.9. The minimum absolute atomic E-state index is 0.0836. The van der Waals surface area contributed by atoms with E-state index in [1.54, 1.807) is 44.4 Å². The summed E-state index contributed by atoms with van der Waals surface area (Å²) in [6.45, 7) is 6.01. The number of hydrogen-bond donors (Lipinski definition) is 2. The smallest absolute Gasteiger partial charge is 0.224 e. The first-order chi connectivity index (χ1) is 13.3. The molecule has 0 radical (unpaired) electrons. The Kier molecular flexibility index (Phi) is 5.54. The van der Waals surface area contributed by atoms with Crippen LogP contribution in [0.3, 0.4) is 0 Å². The van der Waals surface area contributed by atoms with Gasteiger partial charge in [-0.05, 0) is 50.1 Å². The van der Waals surface area contributed by atoms with Gasteiger partial charge >= 0.3 is 0 Å². The maximum atomic E-state index is 12.9. The average Bonchev–Trinajstić information content (AvgIpc) is 2.67. The molecule has 1 heterocycles. The van der Waals surface area contributed by atoms with Gasteiger partial charge in [-0.3, -0.25) is 9.59 Å². The van der Waals surface area contributed by atoms with Gasteiger partial charge in [0.25, 0.3) is 0 Å². The van der Waals surface area contributed by atoms with Crippen LogP contribution in [0.2, 0.25) is 0 Å². The van der Waals surface area contributed by atoms with Crippen LogP contribution in [0.1, 0.15) is 48.7 Å². The molecule has 0 aliphatic carbocycles. The average molecular weight is 378 g/mol. The lowest BCUT2D eigenvalue weighted by Crippen LogP contribution is -2.43. The molecule has 1 amide bonds. The molecule has 2 aromatic rings. The van der Waals surface area contributed by atoms with Crippen molar-refractivity contribution in [1.82, 2.24) is 5.32 Å². The number of carbonyl (C=O) groups excluding carboxylic acids is 2. The number of carbonyl (C=O) groups is 2. The Balaban J connectivity index is 1.95. The highest BCUT2D eigenvalue weighted by Gasteiger charge is 2.28. The van der Waals surface area contributed by atoms with E-state index in [-0.39, 0.29) is 17.2 Å². The summed E-state index contributed by atoms with van der Waals surface area (Å²) in [5.74, 6) is 0.545. The standard InChI is InChI=1S/C23H26N2O3/c1-5-22(27)24-17-8-6-7-15(11-17)21(26)13-20-19-12-18(28-4)10-9-16(19)14-23(2,3)25-20/h6-13,25H,5,14H2,1-4H3,(H,24,27). The zero-order chi connectivity index (χ0) is 20.3. The maximum Gasteiger partial charge on any atom is 0.224 e. The number of methoxy groups -OCH3 is 1. The van der Waals surface area contributed by atoms with Crippen molar-refractivity contribution < 1.29 is 14.3 Å². The molecule has 0 fully saturated rings. The number of amides is 1. The monoisotopic (exact) mass is 378 g/mol. The highest BCUT2D eigenvalue weighted by molar-refractivity contribution is 6.09. The van der Waals surface area contributed by atoms with Crippen molar-refractivity contribution in [3.8, 4) is 5.75 Å². The summed E-state index contributed by atoms with van der Waals surface area (Å²) in [5, 5.41) is 6.26. The fraction of sp³-hybridized carbons (Fsp3) is 0.304. The molecule has 28 heavy (non-hydrogen) atoms. The Morgan fingerprint density at radius 3 is 2.71 bits per heavy atom. The fourth-order valence-electron chi connectivity index (χ4n) is 3.37. The van der Waals surface area contributed by atoms with Crippen molar-refractivity contribution in [2.75, 3.05) is 12.4 Å². The van der Waals surface area contributed by atoms with E-state index in [9.17, 15) is 9.59 Å². The summed E-state index contributed by atoms with van der Waals surface area (Å²) in [5.41, 5.74) is 3.91. The second kappa shape index (κ2) is 7.89. The third-order valence-electron chi connectivity index (χ3n) is 4.74. The third-order valence-corrected chi connectivity index (χ3v) is 4.74. The van der Waals surface area contributed by atoms with Crippen molar-refractivity contribution in [2.45, 2.75) is 39.2 Å². The largest absolute Gasteiger partial charge is 0.497 e. The Bertz CT molecular complexity index is 945. The summed E-state index contributed by atoms with van der Waals surface area (Å²) in [7, 11) is 1.63. The normalized spacial score (nSPS) is 16.1. The van der Waals surface area contributed by atoms with Crippen molar-refractivity contribution in [2.24, 2.45) is 0 Å². The molecule has 0 atom stereocenters. The second-order valence-corrected chi connectivity index (χ2v) is 7.61. The van der Waals surface area contributed by atoms with Gasteiger partial charge < -0.3 is 15.4 Å². The van der Waals surface area contributed by atoms with Crippen LogP contribution >= 0.6 is 0 Å². The molecule has 0 unspecified atom stereocenters. The predicted octanol–water partition coefficient (Wildman–Crippen LogP) is 4.19. The van der Waals surface area contributed by atoms with Gasteiger partial charge in [-0.25, -0.2) is 0 Å². The number of fused-ring (bicyclic) bond motifs is 1. The lowest BCUT2D eigenvalue weighted by Gasteiger charge is -2.35. The summed E-state index contributed by atoms with van der Waals surface area (Å²) in [4.78, 5) is 24.6. The Morgan fingerprint density at radius 2 is 2.00 bits per heavy atom. The zero-order valence-electron chi connectivity index (χ0n) is 16.8. The molecule has 2 aromatic carbocycles. The van der Waals surface area contributed by atoms with E-state index in [0.29, 0.717) is 17.7 Å². The van der Waals surface area contributed by atoms with Crippen LogP contribution in [-0.4, -0.2) is 24.3 Å². The Morgan fingerprint density at radius 1 is 1.21 bits per heavy atom. The summed E-state index contributed by atoms with van der Waals surface area (Å²) in [6, 6.07) is 12.9. The highest BCUT2D eigenvalue weighted by Crippen LogP contribution is 2.32. The van der Waals surface area contributed by atoms with Gasteiger partial charge in [0.1, 0.15) is 5.75 Å². The summed E-state index contributed by atoms with van der Waals surface area (Å²) < 4.78 is 5.35. The van der Waals surface area contributed by atoms with E-state index in [1.165, 1.54) is 5.56 Å². The molecule has 3 rings (SSSR count). The molecule has 5 nitrogen and oxygen atoms in total. The highest BCUT2D eigenvalue weighted by atomic mass is 16.5. The summed E-state index contributed by atoms with van der Waals surface area (Å²) in [6.07, 6.45) is 2.87. The van der Waals surface area contributed by atoms with Crippen molar-refractivity contribution >= 4 is 23.1 Å². The molecule has 0 bridgehead atoms. The van der Waals surface area contributed by atoms with Gasteiger partial charge in [0.05, 0.1) is 7.11 Å². The van der Waals surface area contributed by atoms with Crippen LogP contribution in [-0.2, 0) is 11.2 Å². The zero-order valence-corrected chi connectivity index (χ0v) is 16.8. The van der Waals surface area contributed by atoms with Gasteiger partial charge in [-0.2, -0.15) is 0 Å². The van der Waals surface area contributed by atoms with E-state index in [4.69, 9.17) is 4.74 Å². The first kappa shape index (κ1) is 19.7. The van der Waals surface area contributed by atoms with Crippen LogP contribution < -0.4 is 15.4 Å². The van der Waals surface area contributed by atoms with E-state index >= 15 is 0 Å². The molecular formula is C23H26N2O3. The molecular weight excluding hydrogens is 352 g/mol. The molecule has 0 spiro atoms. The fourth-order valence-corrected chi connectivity index (χ4v) is 3.37. The van der Waals surface area contributed by atoms with Gasteiger partial charge in [-0.1, -0.05) is 25.1 Å². The quantitative estimate of drug-likeness (QED) is 0.605. The van der Waals surface area contributed by atoms with Crippen LogP contribution in [0, 0.1) is 0 Å². The van der Waals surface area contributed by atoms with Gasteiger partial charge in [0.2, 0.25) is 5.91 Å². The van der Waals surface area contributed by atoms with Crippen molar-refractivity contribution in [3.05, 3.63) is 65.2 Å². The second-order valence-electron chi connectivity index (χ2n) is 7.61. The molecule has 1 aliphatic rings. The topological polar surface area (TPSA) is 67.4 Å². The first-order valence-corrected chi connectivity index (χ1v) is 9.43. The third kappa shape index (κ3) is 4.42. The number of benzene rings is 2. The Labute approximate surface area is 165 Å². The first-order valence-electron chi connectivity index (χ1n) is 9.43. The molecule has 1 aliphatic heterocycles. The van der Waals surface area contributed by atoms with Crippen LogP contribution in [0.15, 0.2) is 48.5 Å². The molecule has 0 saturated carbocycles. The molecule has 0 saturated heterocycles. The SMILES string of the molecule is CCC(=O)Nc1cccc(C(=O)C=C2NC(C)(C)Cc3ccc(OC)cc32)c1. The minimum atomic E-state index is -0.162. The molecule has 2 N–H and O–H groups in total. The van der Waals surface area contributed by atoms with E-state index < -0.39 is 0 Å². The minimum Gasteiger partial charge on any atom is -0.497 e. The molecule has 5 heteroatoms. The number of rotatable bonds is 5. The Hall–Kier alpha value is -3.08. The number of anilines is 1. The van der Waals surface area contributed by atoms with Crippen LogP contribution in [0.25, 0.3) is 5.70 Å². The summed E-state index contributed by atoms with van der Waals surface area (Å²) >= 11 is 0. The lowest BCUT2D eigenvalue weighted by atomic mass is 9.85. The van der Waals surface area contributed by atoms with Crippen molar-refractivity contribution in [3.63, 3.8) is 0 Å². The van der Waals surface area contributed by atoms with E-state index in [2.05, 4.69) is 30.5 Å². The predicted molar refractivity (Wildman–Crippen MR) is 112 cm³/mol. The van der Waals surface area contributed by atoms with Crippen LogP contribution in [0.5, 0.6) is 5.75 Å². The van der Waals surface area contributed by atoms with Gasteiger partial charge in [0, 0.05) is 40.5 Å². The number of ketones is 1. The van der Waals surface area contributed by atoms with E-state index in [0.717, 1.165) is 23.4 Å². The number of nitrogens with one attached hydrogen (secondary N) is 2. The number of hydrogen-bond acceptors (Lipinski definition) is 4. The van der Waals surface area contributed by atoms with Crippen LogP contribution in [0.4, 0.5) is 5.69 Å². The molecule has 0 aromatic heterocycles.